The van der Waals surface area contributed by atoms with Crippen molar-refractivity contribution in [2.24, 2.45) is 10.9 Å². The molecule has 0 spiro atoms. The lowest BCUT2D eigenvalue weighted by Gasteiger charge is -2.03. The summed E-state index contributed by atoms with van der Waals surface area (Å²) in [6, 6.07) is 0. The molecule has 0 atom stereocenters. The highest BCUT2D eigenvalue weighted by Crippen LogP contribution is 2.07. The van der Waals surface area contributed by atoms with Crippen LogP contribution in [0.3, 0.4) is 0 Å². The fraction of sp³-hybridized carbons (Fsp3) is 0.300. The topological polar surface area (TPSA) is 12.4 Å². The number of aliphatic imine (C=N–C) groups is 1. The van der Waals surface area contributed by atoms with E-state index in [-0.39, 0.29) is 0 Å². The standard InChI is InChI=1S/C10H13N/c1-9(2)10-6-4-3-5-7-11-8-10/h3-9H,1-2H3. The lowest BCUT2D eigenvalue weighted by molar-refractivity contribution is 0.806. The fourth-order valence-electron chi connectivity index (χ4n) is 0.844. The second-order valence-electron chi connectivity index (χ2n) is 2.83. The molecule has 0 bridgehead atoms. The first-order valence-electron chi connectivity index (χ1n) is 3.87. The Morgan fingerprint density at radius 2 is 2.00 bits per heavy atom. The van der Waals surface area contributed by atoms with Gasteiger partial charge < -0.3 is 0 Å². The summed E-state index contributed by atoms with van der Waals surface area (Å²) in [5.74, 6) is 0.551. The van der Waals surface area contributed by atoms with Gasteiger partial charge >= 0.3 is 0 Å². The minimum Gasteiger partial charge on any atom is -0.264 e. The molecule has 0 N–H and O–H groups in total. The van der Waals surface area contributed by atoms with Gasteiger partial charge in [0.1, 0.15) is 0 Å². The van der Waals surface area contributed by atoms with Gasteiger partial charge in [-0.25, -0.2) is 0 Å². The monoisotopic (exact) mass is 147 g/mol. The molecule has 0 saturated carbocycles. The third kappa shape index (κ3) is 2.54. The van der Waals surface area contributed by atoms with Crippen molar-refractivity contribution >= 4 is 6.21 Å². The van der Waals surface area contributed by atoms with E-state index in [9.17, 15) is 0 Å². The minimum atomic E-state index is 0.551. The molecule has 1 nitrogen and oxygen atoms in total. The molecule has 11 heavy (non-hydrogen) atoms. The summed E-state index contributed by atoms with van der Waals surface area (Å²) in [5.41, 5.74) is 1.27. The van der Waals surface area contributed by atoms with Crippen LogP contribution in [0, 0.1) is 5.92 Å². The lowest BCUT2D eigenvalue weighted by atomic mass is 10.0. The number of allylic oxidation sites excluding steroid dienone is 5. The van der Waals surface area contributed by atoms with Crippen LogP contribution in [0.4, 0.5) is 0 Å². The van der Waals surface area contributed by atoms with Crippen LogP contribution in [0.1, 0.15) is 13.8 Å². The molecule has 0 aromatic heterocycles. The predicted octanol–water partition coefficient (Wildman–Crippen LogP) is 2.72. The maximum absolute atomic E-state index is 4.11. The zero-order valence-corrected chi connectivity index (χ0v) is 6.99. The zero-order chi connectivity index (χ0) is 8.10. The van der Waals surface area contributed by atoms with Crippen molar-refractivity contribution < 1.29 is 0 Å². The normalized spacial score (nSPS) is 16.5. The van der Waals surface area contributed by atoms with Crippen LogP contribution in [0.25, 0.3) is 0 Å². The van der Waals surface area contributed by atoms with E-state index >= 15 is 0 Å². The van der Waals surface area contributed by atoms with Gasteiger partial charge in [-0.3, -0.25) is 4.99 Å². The highest BCUT2D eigenvalue weighted by molar-refractivity contribution is 5.80. The summed E-state index contributed by atoms with van der Waals surface area (Å²) in [6.07, 6.45) is 11.7. The van der Waals surface area contributed by atoms with E-state index in [2.05, 4.69) is 24.9 Å². The van der Waals surface area contributed by atoms with Crippen molar-refractivity contribution in [3.8, 4) is 0 Å². The first-order chi connectivity index (χ1) is 5.30. The van der Waals surface area contributed by atoms with Crippen LogP contribution in [0.15, 0.2) is 41.1 Å². The van der Waals surface area contributed by atoms with Crippen molar-refractivity contribution in [1.29, 1.82) is 0 Å². The third-order valence-corrected chi connectivity index (χ3v) is 1.57. The van der Waals surface area contributed by atoms with Gasteiger partial charge in [0.05, 0.1) is 0 Å². The van der Waals surface area contributed by atoms with Gasteiger partial charge in [-0.05, 0) is 17.6 Å². The van der Waals surface area contributed by atoms with E-state index in [1.807, 2.05) is 24.4 Å². The Morgan fingerprint density at radius 1 is 1.18 bits per heavy atom. The molecular formula is C10H13N. The molecule has 0 aromatic rings. The molecule has 0 saturated heterocycles. The average Bonchev–Trinajstić information content (AvgIpc) is 1.84. The Bertz CT molecular complexity index is 229. The molecule has 0 fully saturated rings. The summed E-state index contributed by atoms with van der Waals surface area (Å²) in [5, 5.41) is 0. The highest BCUT2D eigenvalue weighted by atomic mass is 14.7. The molecule has 0 radical (unpaired) electrons. The average molecular weight is 147 g/mol. The molecule has 0 amide bonds. The van der Waals surface area contributed by atoms with E-state index in [1.165, 1.54) is 5.57 Å². The van der Waals surface area contributed by atoms with Gasteiger partial charge in [0, 0.05) is 12.4 Å². The molecule has 0 unspecified atom stereocenters. The summed E-state index contributed by atoms with van der Waals surface area (Å²) >= 11 is 0. The van der Waals surface area contributed by atoms with Crippen LogP contribution < -0.4 is 0 Å². The molecule has 0 aliphatic carbocycles. The fourth-order valence-corrected chi connectivity index (χ4v) is 0.844. The van der Waals surface area contributed by atoms with Gasteiger partial charge in [-0.2, -0.15) is 0 Å². The Labute approximate surface area is 67.8 Å². The second-order valence-corrected chi connectivity index (χ2v) is 2.83. The number of nitrogens with zero attached hydrogens (tertiary/aromatic N) is 1. The van der Waals surface area contributed by atoms with Crippen molar-refractivity contribution in [3.05, 3.63) is 36.1 Å². The van der Waals surface area contributed by atoms with Gasteiger partial charge in [0.15, 0.2) is 0 Å². The number of hydrogen-bond acceptors (Lipinski definition) is 1. The van der Waals surface area contributed by atoms with Crippen molar-refractivity contribution in [2.75, 3.05) is 0 Å². The molecule has 1 aliphatic rings. The molecule has 1 rings (SSSR count). The summed E-state index contributed by atoms with van der Waals surface area (Å²) in [4.78, 5) is 4.11. The predicted molar refractivity (Wildman–Crippen MR) is 49.7 cm³/mol. The highest BCUT2D eigenvalue weighted by Gasteiger charge is 1.97. The number of hydrogen-bond donors (Lipinski definition) is 0. The van der Waals surface area contributed by atoms with Crippen LogP contribution in [-0.4, -0.2) is 6.21 Å². The van der Waals surface area contributed by atoms with Crippen molar-refractivity contribution in [2.45, 2.75) is 13.8 Å². The third-order valence-electron chi connectivity index (χ3n) is 1.57. The first-order valence-corrected chi connectivity index (χ1v) is 3.87. The number of rotatable bonds is 1. The maximum atomic E-state index is 4.11. The molecular weight excluding hydrogens is 134 g/mol. The van der Waals surface area contributed by atoms with Crippen LogP contribution >= 0.6 is 0 Å². The molecule has 1 heterocycles. The Hall–Kier alpha value is -1.11. The van der Waals surface area contributed by atoms with Gasteiger partial charge in [0.25, 0.3) is 0 Å². The Balaban J connectivity index is 2.78. The van der Waals surface area contributed by atoms with E-state index in [0.717, 1.165) is 0 Å². The van der Waals surface area contributed by atoms with Gasteiger partial charge in [0.2, 0.25) is 0 Å². The molecule has 58 valence electrons. The zero-order valence-electron chi connectivity index (χ0n) is 6.99. The summed E-state index contributed by atoms with van der Waals surface area (Å²) in [7, 11) is 0. The SMILES string of the molecule is CC(C)C1=CC=CC=CN=C1. The van der Waals surface area contributed by atoms with Crippen LogP contribution in [0.5, 0.6) is 0 Å². The van der Waals surface area contributed by atoms with Crippen LogP contribution in [0.2, 0.25) is 0 Å². The van der Waals surface area contributed by atoms with E-state index in [1.54, 1.807) is 6.20 Å². The largest absolute Gasteiger partial charge is 0.264 e. The summed E-state index contributed by atoms with van der Waals surface area (Å²) in [6.45, 7) is 4.33. The Kier molecular flexibility index (Phi) is 2.84. The Morgan fingerprint density at radius 3 is 2.73 bits per heavy atom. The molecule has 0 aromatic carbocycles. The van der Waals surface area contributed by atoms with Crippen molar-refractivity contribution in [3.63, 3.8) is 0 Å². The van der Waals surface area contributed by atoms with E-state index in [0.29, 0.717) is 5.92 Å². The smallest absolute Gasteiger partial charge is 0.0302 e. The van der Waals surface area contributed by atoms with Crippen molar-refractivity contribution in [1.82, 2.24) is 0 Å². The van der Waals surface area contributed by atoms with Crippen LogP contribution in [-0.2, 0) is 0 Å². The van der Waals surface area contributed by atoms with Gasteiger partial charge in [-0.1, -0.05) is 32.1 Å². The van der Waals surface area contributed by atoms with E-state index in [4.69, 9.17) is 0 Å². The molecule has 1 heteroatoms. The molecule has 1 aliphatic heterocycles. The minimum absolute atomic E-state index is 0.551. The van der Waals surface area contributed by atoms with Gasteiger partial charge in [-0.15, -0.1) is 0 Å². The first kappa shape index (κ1) is 7.99. The lowest BCUT2D eigenvalue weighted by Crippen LogP contribution is -1.94. The second kappa shape index (κ2) is 3.91. The summed E-state index contributed by atoms with van der Waals surface area (Å²) < 4.78 is 0. The van der Waals surface area contributed by atoms with E-state index < -0.39 is 0 Å². The quantitative estimate of drug-likeness (QED) is 0.540. The maximum Gasteiger partial charge on any atom is 0.0302 e.